The van der Waals surface area contributed by atoms with Crippen LogP contribution in [-0.4, -0.2) is 18.7 Å². The molecule has 26 heavy (non-hydrogen) atoms. The minimum atomic E-state index is -0.136. The molecular formula is C22H28N2O2. The van der Waals surface area contributed by atoms with E-state index in [0.717, 1.165) is 23.3 Å². The molecule has 0 saturated heterocycles. The maximum absolute atomic E-state index is 12.0. The fraction of sp³-hybridized carbons (Fsp3) is 0.364. The van der Waals surface area contributed by atoms with Crippen LogP contribution in [0, 0.1) is 6.92 Å². The largest absolute Gasteiger partial charge is 0.493 e. The van der Waals surface area contributed by atoms with Gasteiger partial charge in [0.2, 0.25) is 5.91 Å². The zero-order valence-electron chi connectivity index (χ0n) is 15.7. The number of benzene rings is 2. The van der Waals surface area contributed by atoms with Crippen LogP contribution < -0.4 is 10.2 Å². The van der Waals surface area contributed by atoms with Gasteiger partial charge in [-0.1, -0.05) is 68.1 Å². The van der Waals surface area contributed by atoms with Gasteiger partial charge in [0, 0.05) is 5.56 Å². The van der Waals surface area contributed by atoms with Gasteiger partial charge in [0.25, 0.3) is 0 Å². The second-order valence-corrected chi connectivity index (χ2v) is 6.40. The number of unbranched alkanes of at least 4 members (excludes halogenated alkanes) is 3. The minimum Gasteiger partial charge on any atom is -0.493 e. The lowest BCUT2D eigenvalue weighted by atomic mass is 10.1. The van der Waals surface area contributed by atoms with Crippen LogP contribution in [0.5, 0.6) is 5.75 Å². The first kappa shape index (κ1) is 19.7. The van der Waals surface area contributed by atoms with E-state index in [1.807, 2.05) is 55.5 Å². The zero-order valence-corrected chi connectivity index (χ0v) is 15.7. The van der Waals surface area contributed by atoms with E-state index in [4.69, 9.17) is 4.74 Å². The number of hydrazone groups is 1. The summed E-state index contributed by atoms with van der Waals surface area (Å²) in [5, 5.41) is 4.07. The molecule has 2 rings (SSSR count). The molecule has 0 heterocycles. The summed E-state index contributed by atoms with van der Waals surface area (Å²) in [7, 11) is 0. The summed E-state index contributed by atoms with van der Waals surface area (Å²) in [6.45, 7) is 4.92. The second-order valence-electron chi connectivity index (χ2n) is 6.40. The Morgan fingerprint density at radius 3 is 2.62 bits per heavy atom. The maximum Gasteiger partial charge on any atom is 0.244 e. The number of hydrogen-bond acceptors (Lipinski definition) is 3. The lowest BCUT2D eigenvalue weighted by molar-refractivity contribution is -0.120. The number of amides is 1. The van der Waals surface area contributed by atoms with Crippen LogP contribution in [-0.2, 0) is 11.2 Å². The van der Waals surface area contributed by atoms with Crippen LogP contribution in [0.2, 0.25) is 0 Å². The zero-order chi connectivity index (χ0) is 18.6. The van der Waals surface area contributed by atoms with Crippen molar-refractivity contribution in [3.63, 3.8) is 0 Å². The molecule has 0 saturated carbocycles. The van der Waals surface area contributed by atoms with Gasteiger partial charge >= 0.3 is 0 Å². The molecule has 0 spiro atoms. The molecule has 4 nitrogen and oxygen atoms in total. The average Bonchev–Trinajstić information content (AvgIpc) is 2.64. The summed E-state index contributed by atoms with van der Waals surface area (Å²) in [6.07, 6.45) is 6.63. The SMILES string of the molecule is CCCCCCOc1ccccc1/C=N/NC(=O)Cc1ccc(C)cc1. The summed E-state index contributed by atoms with van der Waals surface area (Å²) >= 11 is 0. The summed E-state index contributed by atoms with van der Waals surface area (Å²) in [4.78, 5) is 12.0. The predicted molar refractivity (Wildman–Crippen MR) is 107 cm³/mol. The second kappa shape index (κ2) is 11.1. The third-order valence-electron chi connectivity index (χ3n) is 4.05. The number of rotatable bonds is 10. The summed E-state index contributed by atoms with van der Waals surface area (Å²) in [5.74, 6) is 0.656. The molecule has 0 aromatic heterocycles. The summed E-state index contributed by atoms with van der Waals surface area (Å²) in [5.41, 5.74) is 5.59. The van der Waals surface area contributed by atoms with Crippen molar-refractivity contribution in [1.29, 1.82) is 0 Å². The lowest BCUT2D eigenvalue weighted by Gasteiger charge is -2.08. The highest BCUT2D eigenvalue weighted by Gasteiger charge is 2.03. The van der Waals surface area contributed by atoms with Crippen LogP contribution in [0.4, 0.5) is 0 Å². The molecule has 0 aliphatic heterocycles. The van der Waals surface area contributed by atoms with Gasteiger partial charge in [-0.05, 0) is 31.0 Å². The van der Waals surface area contributed by atoms with Gasteiger partial charge in [-0.2, -0.15) is 5.10 Å². The van der Waals surface area contributed by atoms with Gasteiger partial charge in [0.05, 0.1) is 19.2 Å². The molecule has 0 aliphatic rings. The van der Waals surface area contributed by atoms with E-state index < -0.39 is 0 Å². The highest BCUT2D eigenvalue weighted by molar-refractivity contribution is 5.85. The Kier molecular flexibility index (Phi) is 8.40. The Labute approximate surface area is 156 Å². The number of nitrogens with one attached hydrogen (secondary N) is 1. The fourth-order valence-corrected chi connectivity index (χ4v) is 2.53. The van der Waals surface area contributed by atoms with E-state index in [1.54, 1.807) is 6.21 Å². The Bertz CT molecular complexity index is 708. The predicted octanol–water partition coefficient (Wildman–Crippen LogP) is 4.65. The molecule has 2 aromatic carbocycles. The smallest absolute Gasteiger partial charge is 0.244 e. The van der Waals surface area contributed by atoms with Gasteiger partial charge in [-0.15, -0.1) is 0 Å². The molecule has 0 fully saturated rings. The first-order valence-electron chi connectivity index (χ1n) is 9.28. The van der Waals surface area contributed by atoms with Crippen LogP contribution in [0.25, 0.3) is 0 Å². The molecule has 1 N–H and O–H groups in total. The first-order valence-corrected chi connectivity index (χ1v) is 9.28. The fourth-order valence-electron chi connectivity index (χ4n) is 2.53. The number of carbonyl (C=O) groups excluding carboxylic acids is 1. The van der Waals surface area contributed by atoms with Gasteiger partial charge in [-0.3, -0.25) is 4.79 Å². The third-order valence-corrected chi connectivity index (χ3v) is 4.05. The van der Waals surface area contributed by atoms with Gasteiger partial charge in [0.15, 0.2) is 0 Å². The van der Waals surface area contributed by atoms with E-state index in [2.05, 4.69) is 17.5 Å². The first-order chi connectivity index (χ1) is 12.7. The van der Waals surface area contributed by atoms with E-state index in [1.165, 1.54) is 24.8 Å². The normalized spacial score (nSPS) is 10.8. The van der Waals surface area contributed by atoms with Crippen molar-refractivity contribution in [2.24, 2.45) is 5.10 Å². The van der Waals surface area contributed by atoms with E-state index in [9.17, 15) is 4.79 Å². The Balaban J connectivity index is 1.83. The Morgan fingerprint density at radius 2 is 1.85 bits per heavy atom. The molecule has 0 aliphatic carbocycles. The molecule has 138 valence electrons. The molecule has 0 bridgehead atoms. The summed E-state index contributed by atoms with van der Waals surface area (Å²) in [6, 6.07) is 15.6. The molecule has 0 radical (unpaired) electrons. The van der Waals surface area contributed by atoms with Crippen LogP contribution in [0.1, 0.15) is 49.3 Å². The number of aryl methyl sites for hydroxylation is 1. The van der Waals surface area contributed by atoms with Crippen molar-refractivity contribution in [3.05, 3.63) is 65.2 Å². The van der Waals surface area contributed by atoms with Crippen LogP contribution in [0.15, 0.2) is 53.6 Å². The molecule has 0 unspecified atom stereocenters. The van der Waals surface area contributed by atoms with Gasteiger partial charge in [-0.25, -0.2) is 5.43 Å². The molecule has 0 atom stereocenters. The standard InChI is InChI=1S/C22H28N2O2/c1-3-4-5-8-15-26-21-10-7-6-9-20(21)17-23-24-22(25)16-19-13-11-18(2)12-14-19/h6-7,9-14,17H,3-5,8,15-16H2,1-2H3,(H,24,25)/b23-17+. The van der Waals surface area contributed by atoms with Crippen molar-refractivity contribution in [2.45, 2.75) is 46.0 Å². The van der Waals surface area contributed by atoms with Crippen molar-refractivity contribution >= 4 is 12.1 Å². The van der Waals surface area contributed by atoms with Gasteiger partial charge in [0.1, 0.15) is 5.75 Å². The van der Waals surface area contributed by atoms with Crippen molar-refractivity contribution in [1.82, 2.24) is 5.43 Å². The van der Waals surface area contributed by atoms with Crippen molar-refractivity contribution in [2.75, 3.05) is 6.61 Å². The average molecular weight is 352 g/mol. The number of carbonyl (C=O) groups is 1. The summed E-state index contributed by atoms with van der Waals surface area (Å²) < 4.78 is 5.84. The third kappa shape index (κ3) is 7.09. The molecular weight excluding hydrogens is 324 g/mol. The van der Waals surface area contributed by atoms with Gasteiger partial charge < -0.3 is 4.74 Å². The highest BCUT2D eigenvalue weighted by Crippen LogP contribution is 2.16. The van der Waals surface area contributed by atoms with Crippen molar-refractivity contribution in [3.8, 4) is 5.75 Å². The topological polar surface area (TPSA) is 50.7 Å². The molecule has 4 heteroatoms. The Hall–Kier alpha value is -2.62. The van der Waals surface area contributed by atoms with E-state index >= 15 is 0 Å². The van der Waals surface area contributed by atoms with E-state index in [0.29, 0.717) is 13.0 Å². The number of ether oxygens (including phenoxy) is 1. The van der Waals surface area contributed by atoms with Crippen molar-refractivity contribution < 1.29 is 9.53 Å². The molecule has 1 amide bonds. The highest BCUT2D eigenvalue weighted by atomic mass is 16.5. The minimum absolute atomic E-state index is 0.136. The van der Waals surface area contributed by atoms with E-state index in [-0.39, 0.29) is 5.91 Å². The quantitative estimate of drug-likeness (QED) is 0.384. The maximum atomic E-state index is 12.0. The monoisotopic (exact) mass is 352 g/mol. The number of hydrogen-bond donors (Lipinski definition) is 1. The lowest BCUT2D eigenvalue weighted by Crippen LogP contribution is -2.19. The number of nitrogens with zero attached hydrogens (tertiary/aromatic N) is 1. The number of para-hydroxylation sites is 1. The Morgan fingerprint density at radius 1 is 1.08 bits per heavy atom. The molecule has 2 aromatic rings. The van der Waals surface area contributed by atoms with Crippen LogP contribution >= 0.6 is 0 Å². The van der Waals surface area contributed by atoms with Crippen LogP contribution in [0.3, 0.4) is 0 Å².